The summed E-state index contributed by atoms with van der Waals surface area (Å²) in [6, 6.07) is 83.2. The highest BCUT2D eigenvalue weighted by Gasteiger charge is 2.64. The van der Waals surface area contributed by atoms with E-state index in [1.54, 1.807) is 127 Å². The fraction of sp³-hybridized carbons (Fsp3) is 0.247. The third-order valence-electron chi connectivity index (χ3n) is 18.7. The topological polar surface area (TPSA) is 267 Å². The number of esters is 7. The van der Waals surface area contributed by atoms with Gasteiger partial charge >= 0.3 is 41.8 Å². The first-order chi connectivity index (χ1) is 54.9. The van der Waals surface area contributed by atoms with E-state index in [9.17, 15) is 24.0 Å². The van der Waals surface area contributed by atoms with Crippen LogP contribution in [0, 0.1) is 0 Å². The summed E-state index contributed by atoms with van der Waals surface area (Å²) < 4.78 is 108. The minimum absolute atomic E-state index is 0.0140. The van der Waals surface area contributed by atoms with Crippen LogP contribution >= 0.6 is 0 Å². The van der Waals surface area contributed by atoms with E-state index in [0.29, 0.717) is 0 Å². The number of benzene rings is 10. The van der Waals surface area contributed by atoms with Crippen molar-refractivity contribution in [3.63, 3.8) is 0 Å². The number of ether oxygens (including phenoxy) is 16. The Kier molecular flexibility index (Phi) is 27.0. The van der Waals surface area contributed by atoms with Gasteiger partial charge in [-0.3, -0.25) is 0 Å². The van der Waals surface area contributed by atoms with Gasteiger partial charge in [0.05, 0.1) is 65.4 Å². The van der Waals surface area contributed by atoms with Gasteiger partial charge in [0.1, 0.15) is 62.5 Å². The van der Waals surface area contributed by atoms with Crippen molar-refractivity contribution in [2.45, 2.75) is 105 Å². The molecule has 3 aliphatic heterocycles. The van der Waals surface area contributed by atoms with E-state index < -0.39 is 154 Å². The molecule has 0 bridgehead atoms. The lowest BCUT2D eigenvalue weighted by atomic mass is 9.96. The van der Waals surface area contributed by atoms with Crippen molar-refractivity contribution in [3.8, 4) is 0 Å². The maximum Gasteiger partial charge on any atom is 0.338 e. The summed E-state index contributed by atoms with van der Waals surface area (Å²) in [5.41, 5.74) is 2.60. The molecule has 0 N–H and O–H groups in total. The Bertz CT molecular complexity index is 4660. The summed E-state index contributed by atoms with van der Waals surface area (Å²) >= 11 is 0. The first-order valence-corrected chi connectivity index (χ1v) is 36.3. The average molecular weight is 1520 g/mol. The summed E-state index contributed by atoms with van der Waals surface area (Å²) in [7, 11) is 1.44. The SMILES string of the molecule is CO[C@H]1O[C@H](CO[C@@]2(COC(=O)c3ccccc3)O[C@H](COC(=O)c3ccccc3)[C@@H](O[C@@H]3O[C@H](COC(=O)c4ccccc4)[C@H](OC(=O)c4ccccc4)[C@H](OC(=O)c4ccccc4)[C@H]3OC(=O)c3ccccc3)[C@@H]2OC(=O)c2ccccc2)[C@@H](OCc2ccccc2)[C@H](OCc2ccccc2)[C@H]1OCc1ccccc1. The molecule has 14 atom stereocenters. The summed E-state index contributed by atoms with van der Waals surface area (Å²) in [5, 5.41) is 0. The Labute approximate surface area is 645 Å². The molecule has 0 aromatic heterocycles. The highest BCUT2D eigenvalue weighted by molar-refractivity contribution is 5.93. The highest BCUT2D eigenvalue weighted by Crippen LogP contribution is 2.43. The van der Waals surface area contributed by atoms with Crippen LogP contribution in [0.4, 0.5) is 0 Å². The van der Waals surface area contributed by atoms with Gasteiger partial charge in [-0.1, -0.05) is 218 Å². The van der Waals surface area contributed by atoms with Gasteiger partial charge in [-0.2, -0.15) is 0 Å². The molecule has 23 heteroatoms. The zero-order valence-corrected chi connectivity index (χ0v) is 60.7. The molecule has 0 unspecified atom stereocenters. The van der Waals surface area contributed by atoms with E-state index in [0.717, 1.165) is 16.7 Å². The van der Waals surface area contributed by atoms with Crippen LogP contribution in [0.5, 0.6) is 0 Å². The van der Waals surface area contributed by atoms with Gasteiger partial charge in [-0.05, 0) is 102 Å². The second kappa shape index (κ2) is 38.7. The fourth-order valence-electron chi connectivity index (χ4n) is 13.0. The van der Waals surface area contributed by atoms with E-state index in [-0.39, 0.29) is 58.8 Å². The van der Waals surface area contributed by atoms with Gasteiger partial charge in [0.15, 0.2) is 37.0 Å². The molecule has 10 aromatic carbocycles. The second-order valence-electron chi connectivity index (χ2n) is 26.3. The van der Waals surface area contributed by atoms with Crippen LogP contribution in [0.15, 0.2) is 303 Å². The molecule has 112 heavy (non-hydrogen) atoms. The number of carbonyl (C=O) groups is 7. The Morgan fingerprint density at radius 3 is 1.01 bits per heavy atom. The molecular weight excluding hydrogens is 1440 g/mol. The quantitative estimate of drug-likeness (QED) is 0.0280. The molecule has 3 heterocycles. The van der Waals surface area contributed by atoms with E-state index in [4.69, 9.17) is 75.8 Å². The average Bonchev–Trinajstić information content (AvgIpc) is 1.54. The summed E-state index contributed by atoms with van der Waals surface area (Å²) in [6.07, 6.45) is -21.4. The molecule has 23 nitrogen and oxygen atoms in total. The lowest BCUT2D eigenvalue weighted by Gasteiger charge is -2.46. The fourth-order valence-corrected chi connectivity index (χ4v) is 13.0. The molecule has 0 amide bonds. The lowest BCUT2D eigenvalue weighted by Crippen LogP contribution is -2.64. The first kappa shape index (κ1) is 78.3. The zero-order chi connectivity index (χ0) is 77.4. The molecule has 0 saturated carbocycles. The molecule has 3 saturated heterocycles. The maximum absolute atomic E-state index is 15.5. The van der Waals surface area contributed by atoms with Crippen LogP contribution in [0.3, 0.4) is 0 Å². The molecule has 0 spiro atoms. The van der Waals surface area contributed by atoms with Crippen LogP contribution in [-0.4, -0.2) is 161 Å². The Hall–Kier alpha value is -11.9. The lowest BCUT2D eigenvalue weighted by molar-refractivity contribution is -0.341. The third-order valence-corrected chi connectivity index (χ3v) is 18.7. The van der Waals surface area contributed by atoms with Crippen LogP contribution < -0.4 is 0 Å². The minimum atomic E-state index is -2.66. The summed E-state index contributed by atoms with van der Waals surface area (Å²) in [4.78, 5) is 104. The van der Waals surface area contributed by atoms with Crippen molar-refractivity contribution in [2.24, 2.45) is 0 Å². The van der Waals surface area contributed by atoms with E-state index in [1.807, 2.05) is 91.0 Å². The monoisotopic (exact) mass is 1520 g/mol. The Morgan fingerprint density at radius 1 is 0.295 bits per heavy atom. The van der Waals surface area contributed by atoms with Gasteiger partial charge in [-0.15, -0.1) is 0 Å². The predicted molar refractivity (Wildman–Crippen MR) is 401 cm³/mol. The zero-order valence-electron chi connectivity index (χ0n) is 60.7. The van der Waals surface area contributed by atoms with Gasteiger partial charge < -0.3 is 75.8 Å². The van der Waals surface area contributed by atoms with E-state index in [1.165, 1.54) is 92.0 Å². The standard InChI is InChI=1S/C89H80O23/c1-97-87-77(100-54-61-36-16-4-17-37-61)75(99-53-60-34-14-3-15-35-60)72(98-52-59-32-12-2-13-33-59)70(105-87)57-104-89(58-103-82(92)64-42-22-7-23-43-64)79(111-86(96)68-50-30-11-31-51-68)74(71(112-89)56-102-81(91)63-40-20-6-21-41-63)110-88-78(109-85(95)67-48-28-10-29-49-67)76(108-84(94)66-46-26-9-27-47-66)73(107-83(93)65-44-24-8-25-45-65)69(106-88)55-101-80(90)62-38-18-5-19-39-62/h2-51,69-79,87-88H,52-58H2,1H3/t69-,70-,71-,72-,73+,74-,75+,76+,77-,78-,79+,87+,88+,89+/m1/s1. The highest BCUT2D eigenvalue weighted by atomic mass is 16.8. The van der Waals surface area contributed by atoms with Gasteiger partial charge in [-0.25, -0.2) is 33.6 Å². The smallest absolute Gasteiger partial charge is 0.338 e. The normalized spacial score (nSPS) is 23.2. The molecule has 10 aromatic rings. The minimum Gasteiger partial charge on any atom is -0.459 e. The maximum atomic E-state index is 15.5. The van der Waals surface area contributed by atoms with Crippen molar-refractivity contribution in [2.75, 3.05) is 33.5 Å². The predicted octanol–water partition coefficient (Wildman–Crippen LogP) is 12.8. The number of methoxy groups -OCH3 is 1. The molecule has 3 aliphatic rings. The molecule has 574 valence electrons. The molecular formula is C89H80O23. The van der Waals surface area contributed by atoms with Crippen molar-refractivity contribution in [1.82, 2.24) is 0 Å². The van der Waals surface area contributed by atoms with Crippen LogP contribution in [-0.2, 0) is 95.6 Å². The largest absolute Gasteiger partial charge is 0.459 e. The molecule has 3 fully saturated rings. The van der Waals surface area contributed by atoms with E-state index in [2.05, 4.69) is 0 Å². The Morgan fingerprint density at radius 2 is 0.607 bits per heavy atom. The van der Waals surface area contributed by atoms with Crippen LogP contribution in [0.25, 0.3) is 0 Å². The van der Waals surface area contributed by atoms with Crippen molar-refractivity contribution >= 4 is 41.8 Å². The second-order valence-corrected chi connectivity index (χ2v) is 26.3. The van der Waals surface area contributed by atoms with Crippen LogP contribution in [0.2, 0.25) is 0 Å². The molecule has 0 aliphatic carbocycles. The van der Waals surface area contributed by atoms with Crippen LogP contribution in [0.1, 0.15) is 89.2 Å². The molecule has 0 radical (unpaired) electrons. The first-order valence-electron chi connectivity index (χ1n) is 36.3. The Balaban J connectivity index is 0.970. The molecule has 13 rings (SSSR count). The van der Waals surface area contributed by atoms with Gasteiger partial charge in [0.2, 0.25) is 5.79 Å². The number of carbonyl (C=O) groups excluding carboxylic acids is 7. The number of rotatable bonds is 32. The van der Waals surface area contributed by atoms with Gasteiger partial charge in [0.25, 0.3) is 0 Å². The third kappa shape index (κ3) is 20.2. The van der Waals surface area contributed by atoms with Crippen molar-refractivity contribution in [1.29, 1.82) is 0 Å². The van der Waals surface area contributed by atoms with Crippen molar-refractivity contribution < 1.29 is 109 Å². The van der Waals surface area contributed by atoms with Crippen molar-refractivity contribution in [3.05, 3.63) is 359 Å². The summed E-state index contributed by atoms with van der Waals surface area (Å²) in [5.74, 6) is -9.43. The number of hydrogen-bond donors (Lipinski definition) is 0. The summed E-state index contributed by atoms with van der Waals surface area (Å²) in [6.45, 7) is -3.11. The number of hydrogen-bond acceptors (Lipinski definition) is 23. The van der Waals surface area contributed by atoms with E-state index >= 15 is 9.59 Å². The van der Waals surface area contributed by atoms with Gasteiger partial charge in [0, 0.05) is 7.11 Å².